The molecule has 2 heterocycles. The number of aryl methyl sites for hydroxylation is 2. The molecule has 2 aromatic heterocycles. The number of phenols is 1. The number of fused-ring (bicyclic) bond motifs is 1. The van der Waals surface area contributed by atoms with E-state index in [-0.39, 0.29) is 17.0 Å². The Hall–Kier alpha value is -4.85. The minimum atomic E-state index is -0.440. The summed E-state index contributed by atoms with van der Waals surface area (Å²) in [5.41, 5.74) is 2.75. The number of carbonyl (C=O) groups is 1. The first-order valence-corrected chi connectivity index (χ1v) is 11.0. The monoisotopic (exact) mass is 462 g/mol. The number of benzene rings is 3. The van der Waals surface area contributed by atoms with E-state index in [1.54, 1.807) is 29.2 Å². The highest BCUT2D eigenvalue weighted by atomic mass is 16.3. The molecule has 172 valence electrons. The molecule has 0 spiro atoms. The summed E-state index contributed by atoms with van der Waals surface area (Å²) in [6, 6.07) is 22.0. The van der Waals surface area contributed by atoms with Crippen LogP contribution in [0.25, 0.3) is 16.6 Å². The summed E-state index contributed by atoms with van der Waals surface area (Å²) in [5, 5.41) is 28.6. The molecule has 0 saturated carbocycles. The van der Waals surface area contributed by atoms with Crippen molar-refractivity contribution in [1.29, 1.82) is 0 Å². The third kappa shape index (κ3) is 4.37. The summed E-state index contributed by atoms with van der Waals surface area (Å²) in [5.74, 6) is 0.376. The van der Waals surface area contributed by atoms with Gasteiger partial charge in [0, 0.05) is 22.8 Å². The molecule has 2 N–H and O–H groups in total. The van der Waals surface area contributed by atoms with Gasteiger partial charge in [0.25, 0.3) is 5.91 Å². The van der Waals surface area contributed by atoms with Crippen molar-refractivity contribution in [2.24, 2.45) is 10.2 Å². The lowest BCUT2D eigenvalue weighted by Gasteiger charge is -2.11. The summed E-state index contributed by atoms with van der Waals surface area (Å²) in [4.78, 5) is 17.4. The molecular weight excluding hydrogens is 440 g/mol. The van der Waals surface area contributed by atoms with Crippen LogP contribution in [0.5, 0.6) is 5.75 Å². The Morgan fingerprint density at radius 2 is 1.80 bits per heavy atom. The molecule has 1 amide bonds. The number of phenolic OH excluding ortho intramolecular Hbond substituents is 1. The number of amides is 1. The topological polar surface area (TPSA) is 105 Å². The molecule has 5 rings (SSSR count). The fraction of sp³-hybridized carbons (Fsp3) is 0.0741. The second-order valence-electron chi connectivity index (χ2n) is 8.12. The number of azo groups is 1. The molecule has 0 aliphatic heterocycles. The molecule has 35 heavy (non-hydrogen) atoms. The van der Waals surface area contributed by atoms with Crippen LogP contribution in [0.15, 0.2) is 95.4 Å². The van der Waals surface area contributed by atoms with Gasteiger partial charge in [0.2, 0.25) is 0 Å². The Morgan fingerprint density at radius 3 is 2.60 bits per heavy atom. The summed E-state index contributed by atoms with van der Waals surface area (Å²) in [6.45, 7) is 3.81. The number of aromatic nitrogens is 3. The first-order valence-electron chi connectivity index (χ1n) is 11.0. The number of rotatable bonds is 5. The lowest BCUT2D eigenvalue weighted by atomic mass is 10.0. The second-order valence-corrected chi connectivity index (χ2v) is 8.12. The van der Waals surface area contributed by atoms with Crippen molar-refractivity contribution in [2.45, 2.75) is 13.8 Å². The number of anilines is 1. The molecular formula is C27H22N6O2. The molecule has 8 heteroatoms. The van der Waals surface area contributed by atoms with Crippen LogP contribution in [0.1, 0.15) is 21.5 Å². The summed E-state index contributed by atoms with van der Waals surface area (Å²) < 4.78 is 1.58. The number of nitrogens with one attached hydrogen (secondary N) is 1. The van der Waals surface area contributed by atoms with Gasteiger partial charge < -0.3 is 10.4 Å². The van der Waals surface area contributed by atoms with E-state index in [4.69, 9.17) is 0 Å². The number of hydrogen-bond donors (Lipinski definition) is 2. The van der Waals surface area contributed by atoms with Gasteiger partial charge in [0.1, 0.15) is 5.69 Å². The molecule has 0 aliphatic carbocycles. The quantitative estimate of drug-likeness (QED) is 0.294. The van der Waals surface area contributed by atoms with Crippen molar-refractivity contribution in [3.8, 4) is 11.6 Å². The summed E-state index contributed by atoms with van der Waals surface area (Å²) in [6.07, 6.45) is 3.34. The van der Waals surface area contributed by atoms with Crippen LogP contribution in [0, 0.1) is 13.8 Å². The summed E-state index contributed by atoms with van der Waals surface area (Å²) >= 11 is 0. The maximum absolute atomic E-state index is 13.1. The van der Waals surface area contributed by atoms with E-state index in [1.807, 2.05) is 74.5 Å². The van der Waals surface area contributed by atoms with Crippen molar-refractivity contribution in [3.63, 3.8) is 0 Å². The van der Waals surface area contributed by atoms with Gasteiger partial charge in [-0.15, -0.1) is 10.2 Å². The number of aromatic hydroxyl groups is 1. The molecule has 0 fully saturated rings. The minimum Gasteiger partial charge on any atom is -0.505 e. The fourth-order valence-electron chi connectivity index (χ4n) is 3.80. The first kappa shape index (κ1) is 22.0. The summed E-state index contributed by atoms with van der Waals surface area (Å²) in [7, 11) is 0. The van der Waals surface area contributed by atoms with E-state index >= 15 is 0 Å². The van der Waals surface area contributed by atoms with Gasteiger partial charge in [-0.3, -0.25) is 4.79 Å². The van der Waals surface area contributed by atoms with Crippen LogP contribution in [0.4, 0.5) is 17.2 Å². The number of carbonyl (C=O) groups excluding carboxylic acids is 1. The maximum atomic E-state index is 13.1. The second kappa shape index (κ2) is 9.18. The first-order chi connectivity index (χ1) is 17.0. The fourth-order valence-corrected chi connectivity index (χ4v) is 3.80. The zero-order valence-corrected chi connectivity index (χ0v) is 19.2. The molecule has 3 aromatic carbocycles. The SMILES string of the molecule is Cc1cccc(NC(=O)c2cc3ccccc3c(/N=N/c3c(C)cnn3-c3ccccn3)c2O)c1. The Morgan fingerprint density at radius 1 is 0.971 bits per heavy atom. The average Bonchev–Trinajstić information content (AvgIpc) is 3.24. The smallest absolute Gasteiger partial charge is 0.259 e. The Labute approximate surface area is 201 Å². The molecule has 0 atom stereocenters. The molecule has 0 unspecified atom stereocenters. The minimum absolute atomic E-state index is 0.106. The molecule has 8 nitrogen and oxygen atoms in total. The zero-order valence-electron chi connectivity index (χ0n) is 19.2. The largest absolute Gasteiger partial charge is 0.505 e. The van der Waals surface area contributed by atoms with E-state index in [0.717, 1.165) is 16.5 Å². The highest BCUT2D eigenvalue weighted by Crippen LogP contribution is 2.40. The average molecular weight is 463 g/mol. The van der Waals surface area contributed by atoms with Crippen LogP contribution < -0.4 is 5.32 Å². The van der Waals surface area contributed by atoms with Gasteiger partial charge in [-0.2, -0.15) is 9.78 Å². The van der Waals surface area contributed by atoms with E-state index < -0.39 is 5.91 Å². The van der Waals surface area contributed by atoms with Crippen molar-refractivity contribution in [1.82, 2.24) is 14.8 Å². The van der Waals surface area contributed by atoms with Crippen molar-refractivity contribution in [2.75, 3.05) is 5.32 Å². The molecule has 0 radical (unpaired) electrons. The third-order valence-corrected chi connectivity index (χ3v) is 5.55. The van der Waals surface area contributed by atoms with Crippen LogP contribution in [-0.2, 0) is 0 Å². The number of hydrogen-bond acceptors (Lipinski definition) is 6. The molecule has 5 aromatic rings. The predicted octanol–water partition coefficient (Wildman–Crippen LogP) is 6.41. The van der Waals surface area contributed by atoms with Gasteiger partial charge in [0.05, 0.1) is 11.8 Å². The van der Waals surface area contributed by atoms with Crippen LogP contribution in [-0.4, -0.2) is 25.8 Å². The van der Waals surface area contributed by atoms with Crippen molar-refractivity contribution >= 4 is 33.9 Å². The maximum Gasteiger partial charge on any atom is 0.259 e. The highest BCUT2D eigenvalue weighted by Gasteiger charge is 2.19. The number of nitrogens with zero attached hydrogens (tertiary/aromatic N) is 5. The Balaban J connectivity index is 1.59. The van der Waals surface area contributed by atoms with Gasteiger partial charge in [-0.05, 0) is 55.1 Å². The van der Waals surface area contributed by atoms with Crippen LogP contribution in [0.3, 0.4) is 0 Å². The highest BCUT2D eigenvalue weighted by molar-refractivity contribution is 6.11. The van der Waals surface area contributed by atoms with Crippen molar-refractivity contribution < 1.29 is 9.90 Å². The third-order valence-electron chi connectivity index (χ3n) is 5.55. The Bertz CT molecular complexity index is 1570. The van der Waals surface area contributed by atoms with E-state index in [1.165, 1.54) is 0 Å². The zero-order chi connectivity index (χ0) is 24.4. The Kier molecular flexibility index (Phi) is 5.76. The lowest BCUT2D eigenvalue weighted by molar-refractivity contribution is 0.102. The van der Waals surface area contributed by atoms with Crippen molar-refractivity contribution in [3.05, 3.63) is 102 Å². The standard InChI is InChI=1S/C27H22N6O2/c1-17-8-7-10-20(14-17)30-27(35)22-15-19-9-3-4-11-21(19)24(25(22)34)31-32-26-18(2)16-29-33(26)23-12-5-6-13-28-23/h3-16,34H,1-2H3,(H,30,35)/b32-31+. The lowest BCUT2D eigenvalue weighted by Crippen LogP contribution is -2.12. The normalized spacial score (nSPS) is 11.3. The van der Waals surface area contributed by atoms with Gasteiger partial charge in [-0.1, -0.05) is 42.5 Å². The van der Waals surface area contributed by atoms with E-state index in [2.05, 4.69) is 25.6 Å². The van der Waals surface area contributed by atoms with Crippen LogP contribution in [0.2, 0.25) is 0 Å². The molecule has 0 saturated heterocycles. The van der Waals surface area contributed by atoms with E-state index in [9.17, 15) is 9.90 Å². The number of pyridine rings is 1. The van der Waals surface area contributed by atoms with E-state index in [0.29, 0.717) is 22.7 Å². The van der Waals surface area contributed by atoms with Gasteiger partial charge in [-0.25, -0.2) is 4.98 Å². The van der Waals surface area contributed by atoms with Gasteiger partial charge >= 0.3 is 0 Å². The molecule has 0 bridgehead atoms. The molecule has 0 aliphatic rings. The predicted molar refractivity (Wildman–Crippen MR) is 135 cm³/mol. The van der Waals surface area contributed by atoms with Crippen LogP contribution >= 0.6 is 0 Å². The van der Waals surface area contributed by atoms with Gasteiger partial charge in [0.15, 0.2) is 17.4 Å².